The quantitative estimate of drug-likeness (QED) is 0.723. The zero-order valence-corrected chi connectivity index (χ0v) is 11.7. The highest BCUT2D eigenvalue weighted by atomic mass is 19.1. The lowest BCUT2D eigenvalue weighted by molar-refractivity contribution is -0.138. The number of halogens is 2. The molecule has 1 rings (SSSR count). The molecule has 0 aliphatic heterocycles. The zero-order valence-electron chi connectivity index (χ0n) is 11.7. The van der Waals surface area contributed by atoms with Crippen molar-refractivity contribution < 1.29 is 23.5 Å². The SMILES string of the molecule is CCC(CNC(=O)NCc1cc(F)ccc1F)CC(=O)O. The number of benzene rings is 1. The molecule has 1 unspecified atom stereocenters. The molecule has 0 aliphatic carbocycles. The predicted octanol–water partition coefficient (Wildman–Crippen LogP) is 2.26. The smallest absolute Gasteiger partial charge is 0.315 e. The minimum atomic E-state index is -0.925. The molecule has 0 saturated carbocycles. The van der Waals surface area contributed by atoms with Crippen molar-refractivity contribution in [3.63, 3.8) is 0 Å². The summed E-state index contributed by atoms with van der Waals surface area (Å²) in [4.78, 5) is 22.1. The minimum Gasteiger partial charge on any atom is -0.481 e. The maximum Gasteiger partial charge on any atom is 0.315 e. The molecule has 1 aromatic carbocycles. The summed E-state index contributed by atoms with van der Waals surface area (Å²) in [5.74, 6) is -2.28. The Morgan fingerprint density at radius 2 is 2.00 bits per heavy atom. The fourth-order valence-corrected chi connectivity index (χ4v) is 1.76. The van der Waals surface area contributed by atoms with E-state index in [4.69, 9.17) is 5.11 Å². The van der Waals surface area contributed by atoms with Crippen LogP contribution in [0.4, 0.5) is 13.6 Å². The second-order valence-electron chi connectivity index (χ2n) is 4.67. The Hall–Kier alpha value is -2.18. The monoisotopic (exact) mass is 300 g/mol. The number of urea groups is 1. The number of nitrogens with one attached hydrogen (secondary N) is 2. The summed E-state index contributed by atoms with van der Waals surface area (Å²) in [6, 6.07) is 2.44. The zero-order chi connectivity index (χ0) is 15.8. The summed E-state index contributed by atoms with van der Waals surface area (Å²) in [5.41, 5.74) is 0.0442. The van der Waals surface area contributed by atoms with Crippen LogP contribution in [0, 0.1) is 17.6 Å². The van der Waals surface area contributed by atoms with E-state index in [1.54, 1.807) is 0 Å². The van der Waals surface area contributed by atoms with Crippen LogP contribution in [-0.2, 0) is 11.3 Å². The minimum absolute atomic E-state index is 0.0324. The number of aliphatic carboxylic acids is 1. The van der Waals surface area contributed by atoms with Crippen molar-refractivity contribution >= 4 is 12.0 Å². The molecule has 0 spiro atoms. The Labute approximate surface area is 121 Å². The van der Waals surface area contributed by atoms with E-state index in [0.29, 0.717) is 6.42 Å². The van der Waals surface area contributed by atoms with Crippen molar-refractivity contribution in [3.8, 4) is 0 Å². The maximum atomic E-state index is 13.3. The Kier molecular flexibility index (Phi) is 6.58. The molecule has 0 radical (unpaired) electrons. The molecular weight excluding hydrogens is 282 g/mol. The third-order valence-electron chi connectivity index (χ3n) is 3.04. The van der Waals surface area contributed by atoms with Crippen LogP contribution < -0.4 is 10.6 Å². The number of carbonyl (C=O) groups is 2. The third kappa shape index (κ3) is 6.20. The second kappa shape index (κ2) is 8.18. The van der Waals surface area contributed by atoms with Gasteiger partial charge >= 0.3 is 12.0 Å². The molecule has 21 heavy (non-hydrogen) atoms. The fourth-order valence-electron chi connectivity index (χ4n) is 1.76. The van der Waals surface area contributed by atoms with Crippen LogP contribution in [0.25, 0.3) is 0 Å². The van der Waals surface area contributed by atoms with E-state index in [1.807, 2.05) is 6.92 Å². The van der Waals surface area contributed by atoms with Crippen LogP contribution in [0.1, 0.15) is 25.3 Å². The lowest BCUT2D eigenvalue weighted by Crippen LogP contribution is -2.38. The molecule has 5 nitrogen and oxygen atoms in total. The highest BCUT2D eigenvalue weighted by molar-refractivity contribution is 5.74. The van der Waals surface area contributed by atoms with E-state index >= 15 is 0 Å². The predicted molar refractivity (Wildman–Crippen MR) is 72.6 cm³/mol. The molecule has 0 aliphatic rings. The number of carboxylic acid groups (broad SMARTS) is 1. The normalized spacial score (nSPS) is 11.8. The van der Waals surface area contributed by atoms with Crippen molar-refractivity contribution in [1.82, 2.24) is 10.6 Å². The van der Waals surface area contributed by atoms with Crippen LogP contribution in [0.15, 0.2) is 18.2 Å². The Bertz CT molecular complexity index is 509. The summed E-state index contributed by atoms with van der Waals surface area (Å²) in [6.07, 6.45) is 0.584. The van der Waals surface area contributed by atoms with Gasteiger partial charge in [0.2, 0.25) is 0 Å². The summed E-state index contributed by atoms with van der Waals surface area (Å²) in [6.45, 7) is 1.89. The lowest BCUT2D eigenvalue weighted by Gasteiger charge is -2.14. The van der Waals surface area contributed by atoms with Crippen molar-refractivity contribution in [3.05, 3.63) is 35.4 Å². The molecule has 0 saturated heterocycles. The van der Waals surface area contributed by atoms with Crippen LogP contribution >= 0.6 is 0 Å². The van der Waals surface area contributed by atoms with Crippen molar-refractivity contribution in [2.75, 3.05) is 6.54 Å². The number of carboxylic acids is 1. The highest BCUT2D eigenvalue weighted by Gasteiger charge is 2.12. The standard InChI is InChI=1S/C14H18F2N2O3/c1-2-9(5-13(19)20)7-17-14(21)18-8-10-6-11(15)3-4-12(10)16/h3-4,6,9H,2,5,7-8H2,1H3,(H,19,20)(H2,17,18,21). The first kappa shape index (κ1) is 16.9. The average molecular weight is 300 g/mol. The number of hydrogen-bond donors (Lipinski definition) is 3. The molecule has 116 valence electrons. The molecule has 1 atom stereocenters. The Balaban J connectivity index is 2.40. The molecule has 0 bridgehead atoms. The molecule has 1 aromatic rings. The summed E-state index contributed by atoms with van der Waals surface area (Å²) < 4.78 is 26.3. The third-order valence-corrected chi connectivity index (χ3v) is 3.04. The molecular formula is C14H18F2N2O3. The van der Waals surface area contributed by atoms with E-state index in [2.05, 4.69) is 10.6 Å². The van der Waals surface area contributed by atoms with Gasteiger partial charge in [0.05, 0.1) is 0 Å². The topological polar surface area (TPSA) is 78.4 Å². The first-order valence-electron chi connectivity index (χ1n) is 6.59. The number of rotatable bonds is 7. The first-order valence-corrected chi connectivity index (χ1v) is 6.59. The number of carbonyl (C=O) groups excluding carboxylic acids is 1. The van der Waals surface area contributed by atoms with Gasteiger partial charge in [0.25, 0.3) is 0 Å². The fraction of sp³-hybridized carbons (Fsp3) is 0.429. The number of hydrogen-bond acceptors (Lipinski definition) is 2. The van der Waals surface area contributed by atoms with Crippen LogP contribution in [0.3, 0.4) is 0 Å². The van der Waals surface area contributed by atoms with Gasteiger partial charge < -0.3 is 15.7 Å². The largest absolute Gasteiger partial charge is 0.481 e. The van der Waals surface area contributed by atoms with Gasteiger partial charge in [0.1, 0.15) is 11.6 Å². The number of amides is 2. The molecule has 7 heteroatoms. The van der Waals surface area contributed by atoms with Crippen LogP contribution in [0.2, 0.25) is 0 Å². The summed E-state index contributed by atoms with van der Waals surface area (Å²) >= 11 is 0. The summed E-state index contributed by atoms with van der Waals surface area (Å²) in [5, 5.41) is 13.6. The van der Waals surface area contributed by atoms with Gasteiger partial charge in [-0.05, 0) is 24.1 Å². The second-order valence-corrected chi connectivity index (χ2v) is 4.67. The first-order chi connectivity index (χ1) is 9.92. The van der Waals surface area contributed by atoms with Gasteiger partial charge in [0, 0.05) is 25.1 Å². The van der Waals surface area contributed by atoms with Gasteiger partial charge in [0.15, 0.2) is 0 Å². The van der Waals surface area contributed by atoms with Gasteiger partial charge in [-0.25, -0.2) is 13.6 Å². The Morgan fingerprint density at radius 1 is 1.29 bits per heavy atom. The summed E-state index contributed by atoms with van der Waals surface area (Å²) in [7, 11) is 0. The molecule has 0 aromatic heterocycles. The van der Waals surface area contributed by atoms with E-state index in [-0.39, 0.29) is 31.0 Å². The highest BCUT2D eigenvalue weighted by Crippen LogP contribution is 2.09. The van der Waals surface area contributed by atoms with Gasteiger partial charge in [-0.1, -0.05) is 13.3 Å². The van der Waals surface area contributed by atoms with Crippen LogP contribution in [-0.4, -0.2) is 23.7 Å². The van der Waals surface area contributed by atoms with E-state index in [0.717, 1.165) is 18.2 Å². The Morgan fingerprint density at radius 3 is 2.62 bits per heavy atom. The lowest BCUT2D eigenvalue weighted by atomic mass is 10.0. The van der Waals surface area contributed by atoms with E-state index < -0.39 is 23.6 Å². The van der Waals surface area contributed by atoms with Crippen LogP contribution in [0.5, 0.6) is 0 Å². The maximum absolute atomic E-state index is 13.3. The van der Waals surface area contributed by atoms with Crippen molar-refractivity contribution in [1.29, 1.82) is 0 Å². The molecule has 0 heterocycles. The molecule has 0 fully saturated rings. The molecule has 2 amide bonds. The van der Waals surface area contributed by atoms with E-state index in [9.17, 15) is 18.4 Å². The van der Waals surface area contributed by atoms with Gasteiger partial charge in [-0.15, -0.1) is 0 Å². The van der Waals surface area contributed by atoms with Gasteiger partial charge in [-0.3, -0.25) is 4.79 Å². The van der Waals surface area contributed by atoms with Crippen molar-refractivity contribution in [2.24, 2.45) is 5.92 Å². The molecule has 3 N–H and O–H groups in total. The average Bonchev–Trinajstić information content (AvgIpc) is 2.44. The van der Waals surface area contributed by atoms with E-state index in [1.165, 1.54) is 0 Å². The van der Waals surface area contributed by atoms with Crippen molar-refractivity contribution in [2.45, 2.75) is 26.3 Å². The van der Waals surface area contributed by atoms with Gasteiger partial charge in [-0.2, -0.15) is 0 Å².